The molecule has 0 aliphatic rings. The van der Waals surface area contributed by atoms with Gasteiger partial charge >= 0.3 is 0 Å². The van der Waals surface area contributed by atoms with Crippen molar-refractivity contribution in [3.05, 3.63) is 41.1 Å². The highest BCUT2D eigenvalue weighted by Gasteiger charge is 1.99. The van der Waals surface area contributed by atoms with Crippen LogP contribution < -0.4 is 0 Å². The Hall–Kier alpha value is -1.16. The highest BCUT2D eigenvalue weighted by molar-refractivity contribution is 9.10. The number of halogens is 1. The molecule has 0 amide bonds. The van der Waals surface area contributed by atoms with Gasteiger partial charge in [-0.05, 0) is 28.1 Å². The van der Waals surface area contributed by atoms with Crippen LogP contribution in [0.2, 0.25) is 0 Å². The van der Waals surface area contributed by atoms with Crippen LogP contribution in [0, 0.1) is 6.20 Å². The summed E-state index contributed by atoms with van der Waals surface area (Å²) in [5.41, 5.74) is 0.964. The zero-order valence-corrected chi connectivity index (χ0v) is 7.69. The summed E-state index contributed by atoms with van der Waals surface area (Å²) in [6.07, 6.45) is 4.32. The van der Waals surface area contributed by atoms with Crippen LogP contribution in [0.25, 0.3) is 5.69 Å². The average molecular weight is 223 g/mol. The summed E-state index contributed by atoms with van der Waals surface area (Å²) in [6, 6.07) is 7.81. The topological polar surface area (TPSA) is 30.7 Å². The molecule has 1 heterocycles. The molecule has 0 unspecified atom stereocenters. The minimum absolute atomic E-state index is 0.964. The van der Waals surface area contributed by atoms with E-state index in [9.17, 15) is 0 Å². The monoisotopic (exact) mass is 222 g/mol. The molecule has 0 bridgehead atoms. The molecule has 4 heteroatoms. The van der Waals surface area contributed by atoms with Gasteiger partial charge in [0, 0.05) is 4.47 Å². The van der Waals surface area contributed by atoms with Crippen LogP contribution in [-0.4, -0.2) is 15.0 Å². The van der Waals surface area contributed by atoms with E-state index >= 15 is 0 Å². The normalized spacial score (nSPS) is 10.1. The lowest BCUT2D eigenvalue weighted by molar-refractivity contribution is 0.800. The Balaban J connectivity index is 2.55. The number of benzene rings is 1. The lowest BCUT2D eigenvalue weighted by Crippen LogP contribution is -1.95. The highest BCUT2D eigenvalue weighted by atomic mass is 79.9. The molecule has 1 radical (unpaired) electrons. The maximum atomic E-state index is 3.83. The summed E-state index contributed by atoms with van der Waals surface area (Å²) in [4.78, 5) is 0. The van der Waals surface area contributed by atoms with Crippen LogP contribution >= 0.6 is 15.9 Å². The van der Waals surface area contributed by atoms with Gasteiger partial charge in [-0.3, -0.25) is 0 Å². The molecule has 0 atom stereocenters. The van der Waals surface area contributed by atoms with E-state index < -0.39 is 0 Å². The lowest BCUT2D eigenvalue weighted by atomic mass is 10.3. The number of hydrogen-bond acceptors (Lipinski definition) is 2. The molecular formula is C8H5BrN3. The molecule has 0 saturated carbocycles. The zero-order valence-electron chi connectivity index (χ0n) is 6.11. The van der Waals surface area contributed by atoms with Crippen molar-refractivity contribution in [2.24, 2.45) is 0 Å². The van der Waals surface area contributed by atoms with Gasteiger partial charge in [0.05, 0.1) is 11.9 Å². The Morgan fingerprint density at radius 1 is 1.33 bits per heavy atom. The van der Waals surface area contributed by atoms with Gasteiger partial charge in [0.15, 0.2) is 0 Å². The van der Waals surface area contributed by atoms with E-state index in [2.05, 4.69) is 32.4 Å². The summed E-state index contributed by atoms with van der Waals surface area (Å²) in [5.74, 6) is 0. The quantitative estimate of drug-likeness (QED) is 0.738. The molecule has 3 nitrogen and oxygen atoms in total. The Morgan fingerprint density at radius 2 is 2.17 bits per heavy atom. The zero-order chi connectivity index (χ0) is 8.39. The number of aromatic nitrogens is 3. The number of para-hydroxylation sites is 1. The summed E-state index contributed by atoms with van der Waals surface area (Å²) >= 11 is 3.42. The fourth-order valence-electron chi connectivity index (χ4n) is 0.936. The van der Waals surface area contributed by atoms with E-state index in [0.29, 0.717) is 0 Å². The summed E-state index contributed by atoms with van der Waals surface area (Å²) in [5, 5.41) is 7.44. The fraction of sp³-hybridized carbons (Fsp3) is 0. The molecule has 0 aliphatic heterocycles. The molecule has 1 aromatic carbocycles. The first-order valence-corrected chi connectivity index (χ1v) is 4.20. The van der Waals surface area contributed by atoms with Crippen molar-refractivity contribution in [1.29, 1.82) is 0 Å². The molecular weight excluding hydrogens is 218 g/mol. The van der Waals surface area contributed by atoms with Crippen LogP contribution in [0.4, 0.5) is 0 Å². The second-order valence-electron chi connectivity index (χ2n) is 2.24. The van der Waals surface area contributed by atoms with E-state index in [4.69, 9.17) is 0 Å². The van der Waals surface area contributed by atoms with Gasteiger partial charge in [-0.25, -0.2) is 4.68 Å². The Labute approximate surface area is 78.2 Å². The van der Waals surface area contributed by atoms with Gasteiger partial charge in [-0.15, -0.1) is 5.10 Å². The second kappa shape index (κ2) is 3.06. The molecule has 0 saturated heterocycles. The smallest absolute Gasteiger partial charge is 0.135 e. The van der Waals surface area contributed by atoms with E-state index in [1.807, 2.05) is 24.3 Å². The van der Waals surface area contributed by atoms with E-state index in [0.717, 1.165) is 10.2 Å². The largest absolute Gasteiger partial charge is 0.219 e. The van der Waals surface area contributed by atoms with Gasteiger partial charge < -0.3 is 0 Å². The van der Waals surface area contributed by atoms with Crippen LogP contribution in [0.1, 0.15) is 0 Å². The first-order chi connectivity index (χ1) is 5.88. The van der Waals surface area contributed by atoms with Crippen molar-refractivity contribution in [1.82, 2.24) is 15.0 Å². The summed E-state index contributed by atoms with van der Waals surface area (Å²) in [7, 11) is 0. The van der Waals surface area contributed by atoms with E-state index in [1.54, 1.807) is 10.9 Å². The van der Waals surface area contributed by atoms with Gasteiger partial charge in [-0.2, -0.15) is 0 Å². The van der Waals surface area contributed by atoms with Gasteiger partial charge in [0.1, 0.15) is 6.20 Å². The molecule has 0 spiro atoms. The van der Waals surface area contributed by atoms with Gasteiger partial charge in [0.2, 0.25) is 0 Å². The second-order valence-corrected chi connectivity index (χ2v) is 3.10. The Morgan fingerprint density at radius 3 is 2.83 bits per heavy atom. The van der Waals surface area contributed by atoms with Crippen molar-refractivity contribution in [3.63, 3.8) is 0 Å². The third kappa shape index (κ3) is 1.25. The first kappa shape index (κ1) is 7.49. The third-order valence-corrected chi connectivity index (χ3v) is 2.15. The fourth-order valence-corrected chi connectivity index (χ4v) is 1.40. The lowest BCUT2D eigenvalue weighted by Gasteiger charge is -2.00. The van der Waals surface area contributed by atoms with Crippen molar-refractivity contribution in [2.75, 3.05) is 0 Å². The van der Waals surface area contributed by atoms with Crippen LogP contribution in [0.3, 0.4) is 0 Å². The van der Waals surface area contributed by atoms with Crippen LogP contribution in [-0.2, 0) is 0 Å². The van der Waals surface area contributed by atoms with Gasteiger partial charge in [-0.1, -0.05) is 17.3 Å². The van der Waals surface area contributed by atoms with Crippen molar-refractivity contribution < 1.29 is 0 Å². The van der Waals surface area contributed by atoms with Crippen LogP contribution in [0.15, 0.2) is 34.9 Å². The molecule has 0 N–H and O–H groups in total. The van der Waals surface area contributed by atoms with Gasteiger partial charge in [0.25, 0.3) is 0 Å². The molecule has 1 aromatic heterocycles. The molecule has 2 rings (SSSR count). The van der Waals surface area contributed by atoms with Crippen molar-refractivity contribution in [2.45, 2.75) is 0 Å². The van der Waals surface area contributed by atoms with Crippen molar-refractivity contribution >= 4 is 15.9 Å². The van der Waals surface area contributed by atoms with E-state index in [1.165, 1.54) is 0 Å². The molecule has 59 valence electrons. The van der Waals surface area contributed by atoms with Crippen molar-refractivity contribution in [3.8, 4) is 5.69 Å². The SMILES string of the molecule is Brc1ccccc1-n1c[c]nn1. The summed E-state index contributed by atoms with van der Waals surface area (Å²) in [6.45, 7) is 0. The average Bonchev–Trinajstić information content (AvgIpc) is 2.57. The predicted octanol–water partition coefficient (Wildman–Crippen LogP) is 1.83. The third-order valence-electron chi connectivity index (χ3n) is 1.48. The summed E-state index contributed by atoms with van der Waals surface area (Å²) < 4.78 is 2.65. The minimum atomic E-state index is 0.964. The number of nitrogens with zero attached hydrogens (tertiary/aromatic N) is 3. The maximum Gasteiger partial charge on any atom is 0.135 e. The van der Waals surface area contributed by atoms with Crippen LogP contribution in [0.5, 0.6) is 0 Å². The number of hydrogen-bond donors (Lipinski definition) is 0. The number of rotatable bonds is 1. The standard InChI is InChI=1S/C8H5BrN3/c9-7-3-1-2-4-8(7)12-6-5-10-11-12/h1-4,6H. The maximum absolute atomic E-state index is 3.83. The highest BCUT2D eigenvalue weighted by Crippen LogP contribution is 2.18. The Kier molecular flexibility index (Phi) is 1.91. The molecule has 0 aliphatic carbocycles. The predicted molar refractivity (Wildman–Crippen MR) is 47.9 cm³/mol. The van der Waals surface area contributed by atoms with E-state index in [-0.39, 0.29) is 0 Å². The minimum Gasteiger partial charge on any atom is -0.219 e. The molecule has 2 aromatic rings. The molecule has 0 fully saturated rings. The first-order valence-electron chi connectivity index (χ1n) is 3.41. The Bertz CT molecular complexity index is 370. The molecule has 12 heavy (non-hydrogen) atoms.